The van der Waals surface area contributed by atoms with E-state index >= 15 is 0 Å². The molecule has 0 N–H and O–H groups in total. The van der Waals surface area contributed by atoms with Crippen LogP contribution < -0.4 is 4.90 Å². The third-order valence-electron chi connectivity index (χ3n) is 8.59. The maximum Gasteiger partial charge on any atom is 0.180 e. The van der Waals surface area contributed by atoms with Gasteiger partial charge in [0.1, 0.15) is 16.8 Å². The van der Waals surface area contributed by atoms with Crippen molar-refractivity contribution in [2.75, 3.05) is 4.90 Å². The van der Waals surface area contributed by atoms with Gasteiger partial charge >= 0.3 is 0 Å². The van der Waals surface area contributed by atoms with Gasteiger partial charge in [-0.1, -0.05) is 84.9 Å². The van der Waals surface area contributed by atoms with Crippen LogP contribution in [0.4, 0.5) is 11.4 Å². The lowest BCUT2D eigenvalue weighted by Crippen LogP contribution is -2.22. The standard InChI is InChI=1S/C37H25N3O/c1-3-9-23(10-4-1)25-15-17-31-27(19-25)21-29-22-28-20-26(16-18-32(28)40(29)31)34-36-35(30-13-7-8-14-33(30)41-36)39-37(38-34)24-11-5-2-6-12-24/h1-20,29H,21-22H2. The van der Waals surface area contributed by atoms with Crippen molar-refractivity contribution in [3.8, 4) is 33.8 Å². The summed E-state index contributed by atoms with van der Waals surface area (Å²) in [4.78, 5) is 12.6. The van der Waals surface area contributed by atoms with E-state index in [0.29, 0.717) is 11.9 Å². The summed E-state index contributed by atoms with van der Waals surface area (Å²) >= 11 is 0. The molecule has 0 saturated carbocycles. The zero-order valence-electron chi connectivity index (χ0n) is 22.3. The SMILES string of the molecule is c1ccc(-c2ccc3c(c2)CC2Cc4cc(-c5nc(-c6ccccc6)nc6c5oc5ccccc56)ccc4N32)cc1. The Balaban J connectivity index is 1.16. The van der Waals surface area contributed by atoms with Crippen LogP contribution in [0.5, 0.6) is 0 Å². The summed E-state index contributed by atoms with van der Waals surface area (Å²) in [6.45, 7) is 0. The molecule has 0 bridgehead atoms. The predicted octanol–water partition coefficient (Wildman–Crippen LogP) is 9.00. The summed E-state index contributed by atoms with van der Waals surface area (Å²) in [6.07, 6.45) is 2.07. The van der Waals surface area contributed by atoms with Crippen molar-refractivity contribution >= 4 is 33.4 Å². The van der Waals surface area contributed by atoms with E-state index in [1.165, 1.54) is 33.6 Å². The van der Waals surface area contributed by atoms with E-state index in [1.807, 2.05) is 36.4 Å². The number of rotatable bonds is 3. The largest absolute Gasteiger partial charge is 0.452 e. The normalized spacial score (nSPS) is 15.3. The van der Waals surface area contributed by atoms with Crippen molar-refractivity contribution in [1.82, 2.24) is 9.97 Å². The molecule has 0 spiro atoms. The van der Waals surface area contributed by atoms with Gasteiger partial charge in [-0.3, -0.25) is 0 Å². The molecule has 2 aromatic heterocycles. The van der Waals surface area contributed by atoms with Crippen molar-refractivity contribution in [3.63, 3.8) is 0 Å². The molecule has 1 atom stereocenters. The highest BCUT2D eigenvalue weighted by molar-refractivity contribution is 6.07. The summed E-state index contributed by atoms with van der Waals surface area (Å²) < 4.78 is 6.38. The summed E-state index contributed by atoms with van der Waals surface area (Å²) in [7, 11) is 0. The van der Waals surface area contributed by atoms with Crippen LogP contribution in [0.1, 0.15) is 11.1 Å². The molecule has 0 saturated heterocycles. The lowest BCUT2D eigenvalue weighted by molar-refractivity contribution is 0.667. The molecular formula is C37H25N3O. The highest BCUT2D eigenvalue weighted by Gasteiger charge is 2.37. The molecular weight excluding hydrogens is 502 g/mol. The third kappa shape index (κ3) is 3.47. The monoisotopic (exact) mass is 527 g/mol. The number of nitrogens with zero attached hydrogens (tertiary/aromatic N) is 3. The topological polar surface area (TPSA) is 42.2 Å². The van der Waals surface area contributed by atoms with Crippen molar-refractivity contribution in [1.29, 1.82) is 0 Å². The Labute approximate surface area is 237 Å². The van der Waals surface area contributed by atoms with Crippen LogP contribution in [-0.2, 0) is 12.8 Å². The van der Waals surface area contributed by atoms with E-state index in [9.17, 15) is 0 Å². The van der Waals surface area contributed by atoms with Crippen molar-refractivity contribution in [3.05, 3.63) is 132 Å². The van der Waals surface area contributed by atoms with E-state index in [-0.39, 0.29) is 0 Å². The predicted molar refractivity (Wildman–Crippen MR) is 165 cm³/mol. The number of para-hydroxylation sites is 1. The van der Waals surface area contributed by atoms with Crippen LogP contribution in [0.2, 0.25) is 0 Å². The van der Waals surface area contributed by atoms with Gasteiger partial charge in [0.25, 0.3) is 0 Å². The number of anilines is 2. The Morgan fingerprint density at radius 2 is 1.22 bits per heavy atom. The van der Waals surface area contributed by atoms with Gasteiger partial charge in [-0.2, -0.15) is 0 Å². The summed E-state index contributed by atoms with van der Waals surface area (Å²) in [6, 6.07) is 43.1. The number of hydrogen-bond donors (Lipinski definition) is 0. The van der Waals surface area contributed by atoms with Gasteiger partial charge in [-0.25, -0.2) is 9.97 Å². The molecule has 5 aromatic carbocycles. The minimum Gasteiger partial charge on any atom is -0.452 e. The lowest BCUT2D eigenvalue weighted by Gasteiger charge is -2.21. The molecule has 4 heterocycles. The number of benzene rings is 5. The Kier molecular flexibility index (Phi) is 4.76. The van der Waals surface area contributed by atoms with E-state index < -0.39 is 0 Å². The fourth-order valence-corrected chi connectivity index (χ4v) is 6.71. The molecule has 2 aliphatic heterocycles. The zero-order valence-corrected chi connectivity index (χ0v) is 22.3. The average Bonchev–Trinajstić information content (AvgIpc) is 3.70. The summed E-state index contributed by atoms with van der Waals surface area (Å²) in [5, 5.41) is 1.01. The first-order valence-corrected chi connectivity index (χ1v) is 14.2. The molecule has 0 radical (unpaired) electrons. The Morgan fingerprint density at radius 1 is 0.585 bits per heavy atom. The highest BCUT2D eigenvalue weighted by Crippen LogP contribution is 2.48. The van der Waals surface area contributed by atoms with Gasteiger partial charge in [0, 0.05) is 33.9 Å². The first-order chi connectivity index (χ1) is 20.3. The van der Waals surface area contributed by atoms with Crippen molar-refractivity contribution < 1.29 is 4.42 Å². The second-order valence-electron chi connectivity index (χ2n) is 11.0. The fraction of sp³-hybridized carbons (Fsp3) is 0.0811. The molecule has 194 valence electrons. The molecule has 9 rings (SSSR count). The highest BCUT2D eigenvalue weighted by atomic mass is 16.3. The quantitative estimate of drug-likeness (QED) is 0.230. The average molecular weight is 528 g/mol. The maximum absolute atomic E-state index is 6.38. The second kappa shape index (κ2) is 8.64. The van der Waals surface area contributed by atoms with E-state index in [1.54, 1.807) is 0 Å². The van der Waals surface area contributed by atoms with E-state index in [2.05, 4.69) is 89.8 Å². The van der Waals surface area contributed by atoms with Gasteiger partial charge in [0.2, 0.25) is 0 Å². The molecule has 1 unspecified atom stereocenters. The van der Waals surface area contributed by atoms with Gasteiger partial charge in [-0.15, -0.1) is 0 Å². The first kappa shape index (κ1) is 22.6. The zero-order chi connectivity index (χ0) is 26.9. The van der Waals surface area contributed by atoms with Gasteiger partial charge in [0.15, 0.2) is 11.4 Å². The van der Waals surface area contributed by atoms with Crippen LogP contribution in [-0.4, -0.2) is 16.0 Å². The smallest absolute Gasteiger partial charge is 0.180 e. The molecule has 7 aromatic rings. The Morgan fingerprint density at radius 3 is 1.98 bits per heavy atom. The van der Waals surface area contributed by atoms with Crippen LogP contribution in [0.3, 0.4) is 0 Å². The van der Waals surface area contributed by atoms with Crippen LogP contribution >= 0.6 is 0 Å². The Hall–Kier alpha value is -5.22. The molecule has 2 aliphatic rings. The van der Waals surface area contributed by atoms with E-state index in [4.69, 9.17) is 14.4 Å². The van der Waals surface area contributed by atoms with Gasteiger partial charge < -0.3 is 9.32 Å². The number of aromatic nitrogens is 2. The first-order valence-electron chi connectivity index (χ1n) is 14.2. The Bertz CT molecular complexity index is 2110. The number of furan rings is 1. The summed E-state index contributed by atoms with van der Waals surface area (Å²) in [5.41, 5.74) is 13.3. The summed E-state index contributed by atoms with van der Waals surface area (Å²) in [5.74, 6) is 0.712. The third-order valence-corrected chi connectivity index (χ3v) is 8.59. The van der Waals surface area contributed by atoms with Crippen LogP contribution in [0, 0.1) is 0 Å². The number of hydrogen-bond acceptors (Lipinski definition) is 4. The molecule has 0 aliphatic carbocycles. The van der Waals surface area contributed by atoms with Gasteiger partial charge in [0.05, 0.1) is 0 Å². The van der Waals surface area contributed by atoms with E-state index in [0.717, 1.165) is 51.7 Å². The van der Waals surface area contributed by atoms with Crippen molar-refractivity contribution in [2.24, 2.45) is 0 Å². The van der Waals surface area contributed by atoms with Crippen LogP contribution in [0.25, 0.3) is 55.8 Å². The minimum atomic E-state index is 0.442. The molecule has 0 amide bonds. The molecule has 4 nitrogen and oxygen atoms in total. The minimum absolute atomic E-state index is 0.442. The number of fused-ring (bicyclic) bond motifs is 8. The maximum atomic E-state index is 6.38. The lowest BCUT2D eigenvalue weighted by atomic mass is 9.98. The van der Waals surface area contributed by atoms with Crippen LogP contribution in [0.15, 0.2) is 126 Å². The second-order valence-corrected chi connectivity index (χ2v) is 11.0. The molecule has 0 fully saturated rings. The fourth-order valence-electron chi connectivity index (χ4n) is 6.71. The molecule has 41 heavy (non-hydrogen) atoms. The van der Waals surface area contributed by atoms with Gasteiger partial charge in [-0.05, 0) is 71.5 Å². The van der Waals surface area contributed by atoms with Crippen molar-refractivity contribution in [2.45, 2.75) is 18.9 Å². The molecule has 4 heteroatoms.